The summed E-state index contributed by atoms with van der Waals surface area (Å²) in [5.41, 5.74) is 2.55. The highest BCUT2D eigenvalue weighted by Gasteiger charge is 2.12. The van der Waals surface area contributed by atoms with Gasteiger partial charge in [0.2, 0.25) is 0 Å². The van der Waals surface area contributed by atoms with Crippen molar-refractivity contribution in [3.63, 3.8) is 0 Å². The van der Waals surface area contributed by atoms with Crippen LogP contribution in [0, 0.1) is 0 Å². The molecular formula is C13H20N2. The van der Waals surface area contributed by atoms with Gasteiger partial charge in [0.25, 0.3) is 0 Å². The lowest BCUT2D eigenvalue weighted by molar-refractivity contribution is 0.590. The van der Waals surface area contributed by atoms with Crippen molar-refractivity contribution in [3.8, 4) is 0 Å². The van der Waals surface area contributed by atoms with Crippen LogP contribution in [0.1, 0.15) is 26.3 Å². The molecule has 1 rings (SSSR count). The van der Waals surface area contributed by atoms with Gasteiger partial charge in [-0.15, -0.1) is 0 Å². The van der Waals surface area contributed by atoms with Gasteiger partial charge in [0, 0.05) is 14.1 Å². The minimum atomic E-state index is 0.212. The fourth-order valence-corrected chi connectivity index (χ4v) is 1.23. The van der Waals surface area contributed by atoms with Crippen molar-refractivity contribution in [2.75, 3.05) is 14.1 Å². The summed E-state index contributed by atoms with van der Waals surface area (Å²) in [4.78, 5) is 6.26. The summed E-state index contributed by atoms with van der Waals surface area (Å²) in [5.74, 6) is 0. The Morgan fingerprint density at radius 1 is 1.07 bits per heavy atom. The fraction of sp³-hybridized carbons (Fsp3) is 0.462. The van der Waals surface area contributed by atoms with Crippen LogP contribution in [0.15, 0.2) is 29.3 Å². The molecule has 0 aliphatic rings. The van der Waals surface area contributed by atoms with E-state index < -0.39 is 0 Å². The van der Waals surface area contributed by atoms with E-state index in [0.717, 1.165) is 5.69 Å². The monoisotopic (exact) mass is 204 g/mol. The molecule has 0 aliphatic carbocycles. The van der Waals surface area contributed by atoms with Crippen LogP contribution in [0.25, 0.3) is 0 Å². The average molecular weight is 204 g/mol. The van der Waals surface area contributed by atoms with Crippen molar-refractivity contribution in [1.29, 1.82) is 0 Å². The van der Waals surface area contributed by atoms with Gasteiger partial charge in [0.05, 0.1) is 12.0 Å². The minimum Gasteiger partial charge on any atom is -0.369 e. The van der Waals surface area contributed by atoms with Crippen LogP contribution in [0.2, 0.25) is 0 Å². The summed E-state index contributed by atoms with van der Waals surface area (Å²) >= 11 is 0. The normalized spacial score (nSPS) is 12.1. The molecule has 0 atom stereocenters. The number of rotatable bonds is 2. The molecule has 2 heteroatoms. The first kappa shape index (κ1) is 11.8. The summed E-state index contributed by atoms with van der Waals surface area (Å²) < 4.78 is 0. The van der Waals surface area contributed by atoms with E-state index in [4.69, 9.17) is 0 Å². The molecule has 0 N–H and O–H groups in total. The van der Waals surface area contributed by atoms with Crippen LogP contribution in [0.4, 0.5) is 5.69 Å². The fourth-order valence-electron chi connectivity index (χ4n) is 1.23. The Morgan fingerprint density at radius 2 is 1.60 bits per heavy atom. The van der Waals surface area contributed by atoms with Crippen molar-refractivity contribution in [1.82, 2.24) is 4.90 Å². The van der Waals surface area contributed by atoms with Crippen molar-refractivity contribution < 1.29 is 0 Å². The second-order valence-corrected chi connectivity index (χ2v) is 5.01. The Labute approximate surface area is 92.6 Å². The van der Waals surface area contributed by atoms with Gasteiger partial charge in [-0.25, -0.2) is 4.99 Å². The van der Waals surface area contributed by atoms with Gasteiger partial charge >= 0.3 is 0 Å². The molecule has 0 fully saturated rings. The molecule has 0 saturated carbocycles. The number of nitrogens with zero attached hydrogens (tertiary/aromatic N) is 2. The lowest BCUT2D eigenvalue weighted by Gasteiger charge is -2.18. The van der Waals surface area contributed by atoms with E-state index >= 15 is 0 Å². The third kappa shape index (κ3) is 3.74. The molecule has 0 heterocycles. The Morgan fingerprint density at radius 3 is 2.00 bits per heavy atom. The van der Waals surface area contributed by atoms with E-state index in [1.807, 2.05) is 25.3 Å². The predicted octanol–water partition coefficient (Wildman–Crippen LogP) is 3.21. The Hall–Kier alpha value is -1.31. The summed E-state index contributed by atoms with van der Waals surface area (Å²) in [6.07, 6.45) is 1.81. The molecule has 0 spiro atoms. The second kappa shape index (κ2) is 4.47. The molecule has 1 aromatic carbocycles. The Bertz CT molecular complexity index is 329. The second-order valence-electron chi connectivity index (χ2n) is 5.01. The zero-order chi connectivity index (χ0) is 11.5. The Kier molecular flexibility index (Phi) is 3.51. The molecule has 0 aromatic heterocycles. The third-order valence-corrected chi connectivity index (χ3v) is 2.17. The first-order valence-electron chi connectivity index (χ1n) is 5.21. The maximum atomic E-state index is 4.33. The van der Waals surface area contributed by atoms with E-state index in [1.54, 1.807) is 0 Å². The first-order valence-corrected chi connectivity index (χ1v) is 5.21. The van der Waals surface area contributed by atoms with E-state index in [2.05, 4.69) is 50.0 Å². The van der Waals surface area contributed by atoms with E-state index in [-0.39, 0.29) is 5.41 Å². The number of benzene rings is 1. The molecule has 0 radical (unpaired) electrons. The van der Waals surface area contributed by atoms with Crippen molar-refractivity contribution >= 4 is 12.0 Å². The van der Waals surface area contributed by atoms with E-state index in [0.29, 0.717) is 0 Å². The van der Waals surface area contributed by atoms with Gasteiger partial charge in [-0.2, -0.15) is 0 Å². The predicted molar refractivity (Wildman–Crippen MR) is 67.0 cm³/mol. The maximum absolute atomic E-state index is 4.33. The quantitative estimate of drug-likeness (QED) is 0.533. The average Bonchev–Trinajstić information content (AvgIpc) is 2.14. The van der Waals surface area contributed by atoms with Crippen LogP contribution in [-0.4, -0.2) is 25.3 Å². The molecule has 0 amide bonds. The smallest absolute Gasteiger partial charge is 0.0907 e. The molecule has 82 valence electrons. The molecule has 1 aromatic rings. The van der Waals surface area contributed by atoms with Crippen LogP contribution in [0.5, 0.6) is 0 Å². The molecule has 0 bridgehead atoms. The molecule has 0 saturated heterocycles. The highest BCUT2D eigenvalue weighted by Crippen LogP contribution is 2.24. The van der Waals surface area contributed by atoms with Crippen molar-refractivity contribution in [3.05, 3.63) is 29.8 Å². The van der Waals surface area contributed by atoms with Gasteiger partial charge in [-0.05, 0) is 23.1 Å². The number of hydrogen-bond acceptors (Lipinski definition) is 1. The van der Waals surface area contributed by atoms with E-state index in [1.165, 1.54) is 5.56 Å². The lowest BCUT2D eigenvalue weighted by Crippen LogP contribution is -2.10. The standard InChI is InChI=1S/C13H20N2/c1-13(2,3)11-6-8-12(9-7-11)14-10-15(4)5/h6-10H,1-5H3. The number of hydrogen-bond donors (Lipinski definition) is 0. The zero-order valence-corrected chi connectivity index (χ0v) is 10.3. The lowest BCUT2D eigenvalue weighted by atomic mass is 9.87. The summed E-state index contributed by atoms with van der Waals surface area (Å²) in [6, 6.07) is 8.39. The summed E-state index contributed by atoms with van der Waals surface area (Å²) in [6.45, 7) is 6.64. The summed E-state index contributed by atoms with van der Waals surface area (Å²) in [7, 11) is 3.93. The maximum Gasteiger partial charge on any atom is 0.0907 e. The largest absolute Gasteiger partial charge is 0.369 e. The highest BCUT2D eigenvalue weighted by molar-refractivity contribution is 5.60. The minimum absolute atomic E-state index is 0.212. The Balaban J connectivity index is 2.82. The third-order valence-electron chi connectivity index (χ3n) is 2.17. The van der Waals surface area contributed by atoms with Crippen LogP contribution in [0.3, 0.4) is 0 Å². The van der Waals surface area contributed by atoms with Gasteiger partial charge in [0.1, 0.15) is 0 Å². The zero-order valence-electron chi connectivity index (χ0n) is 10.3. The van der Waals surface area contributed by atoms with Crippen molar-refractivity contribution in [2.24, 2.45) is 4.99 Å². The molecule has 0 aliphatic heterocycles. The van der Waals surface area contributed by atoms with E-state index in [9.17, 15) is 0 Å². The SMILES string of the molecule is CN(C)C=Nc1ccc(C(C)(C)C)cc1. The molecule has 2 nitrogen and oxygen atoms in total. The number of aliphatic imine (C=N–C) groups is 1. The molecule has 0 unspecified atom stereocenters. The molecule has 15 heavy (non-hydrogen) atoms. The van der Waals surface area contributed by atoms with Crippen molar-refractivity contribution in [2.45, 2.75) is 26.2 Å². The van der Waals surface area contributed by atoms with Gasteiger partial charge in [-0.3, -0.25) is 0 Å². The van der Waals surface area contributed by atoms with Gasteiger partial charge in [0.15, 0.2) is 0 Å². The van der Waals surface area contributed by atoms with Gasteiger partial charge < -0.3 is 4.90 Å². The highest BCUT2D eigenvalue weighted by atomic mass is 15.1. The molecular weight excluding hydrogens is 184 g/mol. The summed E-state index contributed by atoms with van der Waals surface area (Å²) in [5, 5.41) is 0. The van der Waals surface area contributed by atoms with Crippen LogP contribution in [-0.2, 0) is 5.41 Å². The van der Waals surface area contributed by atoms with Crippen LogP contribution < -0.4 is 0 Å². The topological polar surface area (TPSA) is 15.6 Å². The van der Waals surface area contributed by atoms with Crippen LogP contribution >= 0.6 is 0 Å². The van der Waals surface area contributed by atoms with Gasteiger partial charge in [-0.1, -0.05) is 32.9 Å². The first-order chi connectivity index (χ1) is 6.89.